The van der Waals surface area contributed by atoms with Gasteiger partial charge < -0.3 is 10.6 Å². The molecule has 4 heteroatoms. The van der Waals surface area contributed by atoms with Gasteiger partial charge in [-0.05, 0) is 42.8 Å². The maximum atomic E-state index is 5.29. The molecule has 0 amide bonds. The van der Waals surface area contributed by atoms with Gasteiger partial charge in [0, 0.05) is 12.2 Å². The lowest BCUT2D eigenvalue weighted by Crippen LogP contribution is -2.31. The summed E-state index contributed by atoms with van der Waals surface area (Å²) in [4.78, 5) is 4.36. The molecule has 0 radical (unpaired) electrons. The minimum absolute atomic E-state index is 0.404. The van der Waals surface area contributed by atoms with Crippen LogP contribution in [0, 0.1) is 6.92 Å². The van der Waals surface area contributed by atoms with Gasteiger partial charge in [0.15, 0.2) is 5.11 Å². The van der Waals surface area contributed by atoms with Crippen molar-refractivity contribution in [3.63, 3.8) is 0 Å². The number of benzene rings is 1. The van der Waals surface area contributed by atoms with Crippen LogP contribution in [-0.2, 0) is 0 Å². The number of rotatable bonds is 4. The van der Waals surface area contributed by atoms with Crippen LogP contribution in [0.1, 0.15) is 24.1 Å². The van der Waals surface area contributed by atoms with E-state index in [0.717, 1.165) is 18.1 Å². The normalized spacial score (nSPS) is 11.7. The zero-order chi connectivity index (χ0) is 14.4. The van der Waals surface area contributed by atoms with Crippen molar-refractivity contribution >= 4 is 23.1 Å². The summed E-state index contributed by atoms with van der Waals surface area (Å²) >= 11 is 5.29. The highest BCUT2D eigenvalue weighted by Crippen LogP contribution is 2.13. The van der Waals surface area contributed by atoms with Crippen LogP contribution >= 0.6 is 12.2 Å². The second kappa shape index (κ2) is 7.01. The van der Waals surface area contributed by atoms with Crippen molar-refractivity contribution in [1.82, 2.24) is 10.3 Å². The molecule has 1 heterocycles. The number of aryl methyl sites for hydroxylation is 1. The van der Waals surface area contributed by atoms with Gasteiger partial charge in [0.25, 0.3) is 0 Å². The Balaban J connectivity index is 1.83. The van der Waals surface area contributed by atoms with Crippen molar-refractivity contribution in [2.75, 3.05) is 11.9 Å². The summed E-state index contributed by atoms with van der Waals surface area (Å²) in [6.07, 6.45) is 0. The van der Waals surface area contributed by atoms with E-state index in [0.29, 0.717) is 11.0 Å². The largest absolute Gasteiger partial charge is 0.362 e. The van der Waals surface area contributed by atoms with Crippen molar-refractivity contribution in [2.45, 2.75) is 19.8 Å². The number of pyridine rings is 1. The summed E-state index contributed by atoms with van der Waals surface area (Å²) in [6.45, 7) is 4.93. The maximum Gasteiger partial charge on any atom is 0.171 e. The fourth-order valence-electron chi connectivity index (χ4n) is 1.92. The van der Waals surface area contributed by atoms with E-state index in [1.54, 1.807) is 0 Å². The SMILES string of the molecule is Cc1cccc(NC(=S)NC[C@H](C)c2ccccc2)n1. The van der Waals surface area contributed by atoms with Crippen LogP contribution in [0.3, 0.4) is 0 Å². The first kappa shape index (κ1) is 14.5. The Kier molecular flexibility index (Phi) is 5.07. The number of aromatic nitrogens is 1. The Labute approximate surface area is 125 Å². The smallest absolute Gasteiger partial charge is 0.171 e. The lowest BCUT2D eigenvalue weighted by molar-refractivity contribution is 0.723. The molecule has 0 aliphatic rings. The Morgan fingerprint density at radius 1 is 1.15 bits per heavy atom. The van der Waals surface area contributed by atoms with E-state index in [1.165, 1.54) is 5.56 Å². The van der Waals surface area contributed by atoms with E-state index in [-0.39, 0.29) is 0 Å². The second-order valence-corrected chi connectivity index (χ2v) is 5.22. The molecule has 104 valence electrons. The van der Waals surface area contributed by atoms with Crippen molar-refractivity contribution in [1.29, 1.82) is 0 Å². The standard InChI is InChI=1S/C16H19N3S/c1-12(14-8-4-3-5-9-14)11-17-16(20)19-15-10-6-7-13(2)18-15/h3-10,12H,11H2,1-2H3,(H2,17,18,19,20)/t12-/m0/s1. The summed E-state index contributed by atoms with van der Waals surface area (Å²) < 4.78 is 0. The third-order valence-electron chi connectivity index (χ3n) is 3.07. The quantitative estimate of drug-likeness (QED) is 0.843. The van der Waals surface area contributed by atoms with Crippen LogP contribution in [0.15, 0.2) is 48.5 Å². The molecule has 0 aliphatic heterocycles. The highest BCUT2D eigenvalue weighted by molar-refractivity contribution is 7.80. The molecule has 0 saturated heterocycles. The Hall–Kier alpha value is -1.94. The van der Waals surface area contributed by atoms with Crippen molar-refractivity contribution in [2.24, 2.45) is 0 Å². The third kappa shape index (κ3) is 4.31. The number of nitrogens with one attached hydrogen (secondary N) is 2. The topological polar surface area (TPSA) is 37.0 Å². The van der Waals surface area contributed by atoms with E-state index < -0.39 is 0 Å². The van der Waals surface area contributed by atoms with Gasteiger partial charge in [0.05, 0.1) is 0 Å². The van der Waals surface area contributed by atoms with E-state index in [2.05, 4.69) is 46.8 Å². The molecule has 20 heavy (non-hydrogen) atoms. The molecule has 0 spiro atoms. The summed E-state index contributed by atoms with van der Waals surface area (Å²) in [5.41, 5.74) is 2.27. The molecule has 2 aromatic rings. The molecule has 3 nitrogen and oxygen atoms in total. The minimum atomic E-state index is 0.404. The summed E-state index contributed by atoms with van der Waals surface area (Å²) in [7, 11) is 0. The molecule has 0 fully saturated rings. The molecule has 0 aliphatic carbocycles. The highest BCUT2D eigenvalue weighted by atomic mass is 32.1. The zero-order valence-electron chi connectivity index (χ0n) is 11.8. The fourth-order valence-corrected chi connectivity index (χ4v) is 2.11. The van der Waals surface area contributed by atoms with Gasteiger partial charge in [0.2, 0.25) is 0 Å². The highest BCUT2D eigenvalue weighted by Gasteiger charge is 2.05. The van der Waals surface area contributed by atoms with E-state index in [4.69, 9.17) is 12.2 Å². The summed E-state index contributed by atoms with van der Waals surface area (Å²) in [6, 6.07) is 16.2. The van der Waals surface area contributed by atoms with Gasteiger partial charge in [-0.3, -0.25) is 0 Å². The van der Waals surface area contributed by atoms with Crippen molar-refractivity contribution in [3.8, 4) is 0 Å². The van der Waals surface area contributed by atoms with Crippen LogP contribution in [0.5, 0.6) is 0 Å². The minimum Gasteiger partial charge on any atom is -0.362 e. The van der Waals surface area contributed by atoms with E-state index in [9.17, 15) is 0 Å². The number of nitrogens with zero attached hydrogens (tertiary/aromatic N) is 1. The molecular formula is C16H19N3S. The molecular weight excluding hydrogens is 266 g/mol. The van der Waals surface area contributed by atoms with Crippen LogP contribution in [0.2, 0.25) is 0 Å². The van der Waals surface area contributed by atoms with E-state index >= 15 is 0 Å². The Morgan fingerprint density at radius 3 is 2.60 bits per heavy atom. The number of hydrogen-bond acceptors (Lipinski definition) is 2. The first-order chi connectivity index (χ1) is 9.65. The molecule has 0 bridgehead atoms. The van der Waals surface area contributed by atoms with Crippen LogP contribution in [0.4, 0.5) is 5.82 Å². The van der Waals surface area contributed by atoms with Gasteiger partial charge in [-0.2, -0.15) is 0 Å². The average Bonchev–Trinajstić information content (AvgIpc) is 2.46. The first-order valence-corrected chi connectivity index (χ1v) is 7.09. The van der Waals surface area contributed by atoms with Crippen LogP contribution in [0.25, 0.3) is 0 Å². The number of thiocarbonyl (C=S) groups is 1. The predicted octanol–water partition coefficient (Wildman–Crippen LogP) is 3.48. The number of anilines is 1. The van der Waals surface area contributed by atoms with Gasteiger partial charge in [-0.1, -0.05) is 43.3 Å². The zero-order valence-corrected chi connectivity index (χ0v) is 12.6. The molecule has 0 unspecified atom stereocenters. The van der Waals surface area contributed by atoms with Crippen molar-refractivity contribution in [3.05, 3.63) is 59.8 Å². The predicted molar refractivity (Wildman–Crippen MR) is 88.1 cm³/mol. The Bertz CT molecular complexity index is 569. The molecule has 1 atom stereocenters. The number of hydrogen-bond donors (Lipinski definition) is 2. The monoisotopic (exact) mass is 285 g/mol. The summed E-state index contributed by atoms with van der Waals surface area (Å²) in [5.74, 6) is 1.18. The molecule has 1 aromatic carbocycles. The van der Waals surface area contributed by atoms with Crippen LogP contribution < -0.4 is 10.6 Å². The van der Waals surface area contributed by atoms with Gasteiger partial charge in [0.1, 0.15) is 5.82 Å². The molecule has 2 N–H and O–H groups in total. The second-order valence-electron chi connectivity index (χ2n) is 4.81. The fraction of sp³-hybridized carbons (Fsp3) is 0.250. The molecule has 0 saturated carbocycles. The van der Waals surface area contributed by atoms with E-state index in [1.807, 2.05) is 31.2 Å². The lowest BCUT2D eigenvalue weighted by atomic mass is 10.0. The van der Waals surface area contributed by atoms with Gasteiger partial charge in [-0.25, -0.2) is 4.98 Å². The van der Waals surface area contributed by atoms with Crippen molar-refractivity contribution < 1.29 is 0 Å². The first-order valence-electron chi connectivity index (χ1n) is 6.68. The van der Waals surface area contributed by atoms with Gasteiger partial charge >= 0.3 is 0 Å². The lowest BCUT2D eigenvalue weighted by Gasteiger charge is -2.15. The third-order valence-corrected chi connectivity index (χ3v) is 3.31. The maximum absolute atomic E-state index is 5.29. The average molecular weight is 285 g/mol. The Morgan fingerprint density at radius 2 is 1.90 bits per heavy atom. The van der Waals surface area contributed by atoms with Crippen LogP contribution in [-0.4, -0.2) is 16.6 Å². The molecule has 2 rings (SSSR count). The van der Waals surface area contributed by atoms with Gasteiger partial charge in [-0.15, -0.1) is 0 Å². The molecule has 1 aromatic heterocycles. The summed E-state index contributed by atoms with van der Waals surface area (Å²) in [5, 5.41) is 6.93.